The lowest BCUT2D eigenvalue weighted by molar-refractivity contribution is 0.181. The van der Waals surface area contributed by atoms with E-state index in [1.807, 2.05) is 12.1 Å². The molecule has 1 amide bonds. The minimum absolute atomic E-state index is 0.0571. The number of nitrogens with one attached hydrogen (secondary N) is 1. The Morgan fingerprint density at radius 1 is 1.04 bits per heavy atom. The Morgan fingerprint density at radius 2 is 1.69 bits per heavy atom. The molecule has 0 aliphatic carbocycles. The van der Waals surface area contributed by atoms with Gasteiger partial charge in [-0.2, -0.15) is 0 Å². The van der Waals surface area contributed by atoms with Gasteiger partial charge in [-0.3, -0.25) is 9.62 Å². The summed E-state index contributed by atoms with van der Waals surface area (Å²) in [6, 6.07) is 13.6. The number of hydrogen-bond acceptors (Lipinski definition) is 4. The first-order valence-electron chi connectivity index (χ1n) is 8.35. The summed E-state index contributed by atoms with van der Waals surface area (Å²) in [5.74, 6) is 0. The maximum atomic E-state index is 12.8. The summed E-state index contributed by atoms with van der Waals surface area (Å²) < 4.78 is 33.1. The van der Waals surface area contributed by atoms with Crippen LogP contribution in [0.2, 0.25) is 0 Å². The Labute approximate surface area is 153 Å². The van der Waals surface area contributed by atoms with Gasteiger partial charge in [0.25, 0.3) is 10.0 Å². The molecule has 2 aromatic carbocycles. The smallest absolute Gasteiger partial charge is 0.414 e. The van der Waals surface area contributed by atoms with E-state index in [9.17, 15) is 13.2 Å². The van der Waals surface area contributed by atoms with Crippen LogP contribution in [0.4, 0.5) is 16.2 Å². The van der Waals surface area contributed by atoms with E-state index in [1.54, 1.807) is 36.4 Å². The molecular formula is C19H22N2O4S. The van der Waals surface area contributed by atoms with Gasteiger partial charge in [0.15, 0.2) is 0 Å². The van der Waals surface area contributed by atoms with Gasteiger partial charge in [-0.25, -0.2) is 13.2 Å². The maximum Gasteiger partial charge on any atom is 0.414 e. The van der Waals surface area contributed by atoms with E-state index in [4.69, 9.17) is 4.74 Å². The first-order valence-corrected chi connectivity index (χ1v) is 9.83. The van der Waals surface area contributed by atoms with E-state index in [-0.39, 0.29) is 16.9 Å². The quantitative estimate of drug-likeness (QED) is 0.884. The van der Waals surface area contributed by atoms with Crippen molar-refractivity contribution < 1.29 is 17.9 Å². The van der Waals surface area contributed by atoms with Crippen LogP contribution in [0.3, 0.4) is 0 Å². The highest BCUT2D eigenvalue weighted by Gasteiger charge is 2.27. The third-order valence-corrected chi connectivity index (χ3v) is 5.61. The SMILES string of the molecule is CC(C)(C)c1ccc(S(=O)(=O)Nc2ccccc2N2CCOC2=O)cc1. The van der Waals surface area contributed by atoms with E-state index in [2.05, 4.69) is 25.5 Å². The van der Waals surface area contributed by atoms with Gasteiger partial charge in [-0.15, -0.1) is 0 Å². The van der Waals surface area contributed by atoms with Crippen molar-refractivity contribution in [3.05, 3.63) is 54.1 Å². The monoisotopic (exact) mass is 374 g/mol. The van der Waals surface area contributed by atoms with Gasteiger partial charge in [0.05, 0.1) is 22.8 Å². The summed E-state index contributed by atoms with van der Waals surface area (Å²) in [5, 5.41) is 0. The number of carbonyl (C=O) groups is 1. The van der Waals surface area contributed by atoms with Gasteiger partial charge in [0.1, 0.15) is 6.61 Å². The Kier molecular flexibility index (Phi) is 4.66. The molecule has 6 nitrogen and oxygen atoms in total. The molecule has 0 saturated carbocycles. The highest BCUT2D eigenvalue weighted by Crippen LogP contribution is 2.30. The zero-order chi connectivity index (χ0) is 18.9. The molecule has 26 heavy (non-hydrogen) atoms. The fourth-order valence-electron chi connectivity index (χ4n) is 2.75. The van der Waals surface area contributed by atoms with Gasteiger partial charge < -0.3 is 4.74 Å². The second kappa shape index (κ2) is 6.64. The van der Waals surface area contributed by atoms with Crippen molar-refractivity contribution in [2.45, 2.75) is 31.1 Å². The molecular weight excluding hydrogens is 352 g/mol. The topological polar surface area (TPSA) is 75.7 Å². The third-order valence-electron chi connectivity index (χ3n) is 4.23. The summed E-state index contributed by atoms with van der Waals surface area (Å²) in [6.07, 6.45) is -0.480. The molecule has 0 spiro atoms. The Hall–Kier alpha value is -2.54. The molecule has 1 saturated heterocycles. The predicted molar refractivity (Wildman–Crippen MR) is 101 cm³/mol. The number of nitrogens with zero attached hydrogens (tertiary/aromatic N) is 1. The van der Waals surface area contributed by atoms with Crippen LogP contribution in [-0.2, 0) is 20.2 Å². The lowest BCUT2D eigenvalue weighted by Gasteiger charge is -2.20. The zero-order valence-corrected chi connectivity index (χ0v) is 15.8. The Morgan fingerprint density at radius 3 is 2.27 bits per heavy atom. The molecule has 1 heterocycles. The Balaban J connectivity index is 1.90. The van der Waals surface area contributed by atoms with Crippen LogP contribution in [0.5, 0.6) is 0 Å². The summed E-state index contributed by atoms with van der Waals surface area (Å²) in [4.78, 5) is 13.4. The molecule has 0 unspecified atom stereocenters. The number of para-hydroxylation sites is 2. The average Bonchev–Trinajstić information content (AvgIpc) is 3.00. The third kappa shape index (κ3) is 3.67. The number of ether oxygens (including phenoxy) is 1. The number of anilines is 2. The van der Waals surface area contributed by atoms with Crippen LogP contribution in [0.1, 0.15) is 26.3 Å². The summed E-state index contributed by atoms with van der Waals surface area (Å²) in [6.45, 7) is 6.88. The van der Waals surface area contributed by atoms with Crippen molar-refractivity contribution in [1.29, 1.82) is 0 Å². The van der Waals surface area contributed by atoms with E-state index in [0.29, 0.717) is 17.9 Å². The highest BCUT2D eigenvalue weighted by atomic mass is 32.2. The number of carbonyl (C=O) groups excluding carboxylic acids is 1. The molecule has 1 N–H and O–H groups in total. The van der Waals surface area contributed by atoms with Gasteiger partial charge in [0, 0.05) is 0 Å². The van der Waals surface area contributed by atoms with E-state index in [0.717, 1.165) is 5.56 Å². The van der Waals surface area contributed by atoms with Crippen molar-refractivity contribution in [1.82, 2.24) is 0 Å². The largest absolute Gasteiger partial charge is 0.447 e. The maximum absolute atomic E-state index is 12.8. The van der Waals surface area contributed by atoms with Crippen LogP contribution in [0, 0.1) is 0 Å². The molecule has 0 bridgehead atoms. The minimum Gasteiger partial charge on any atom is -0.447 e. The van der Waals surface area contributed by atoms with Crippen molar-refractivity contribution >= 4 is 27.5 Å². The molecule has 0 atom stereocenters. The summed E-state index contributed by atoms with van der Waals surface area (Å²) in [7, 11) is -3.77. The van der Waals surface area contributed by atoms with Gasteiger partial charge in [-0.05, 0) is 35.2 Å². The molecule has 1 fully saturated rings. The normalized spacial score (nSPS) is 15.0. The number of cyclic esters (lactones) is 1. The molecule has 1 aliphatic heterocycles. The minimum atomic E-state index is -3.77. The van der Waals surface area contributed by atoms with Gasteiger partial charge >= 0.3 is 6.09 Å². The van der Waals surface area contributed by atoms with Crippen LogP contribution < -0.4 is 9.62 Å². The molecule has 2 aromatic rings. The van der Waals surface area contributed by atoms with Crippen LogP contribution in [0.15, 0.2) is 53.4 Å². The van der Waals surface area contributed by atoms with Crippen LogP contribution >= 0.6 is 0 Å². The molecule has 0 aromatic heterocycles. The standard InChI is InChI=1S/C19H22N2O4S/c1-19(2,3)14-8-10-15(11-9-14)26(23,24)20-16-6-4-5-7-17(16)21-12-13-25-18(21)22/h4-11,20H,12-13H2,1-3H3. The average molecular weight is 374 g/mol. The molecule has 1 aliphatic rings. The summed E-state index contributed by atoms with van der Waals surface area (Å²) in [5.41, 5.74) is 1.81. The van der Waals surface area contributed by atoms with Gasteiger partial charge in [0.2, 0.25) is 0 Å². The van der Waals surface area contributed by atoms with E-state index < -0.39 is 16.1 Å². The van der Waals surface area contributed by atoms with Crippen LogP contribution in [-0.4, -0.2) is 27.7 Å². The first-order chi connectivity index (χ1) is 12.2. The van der Waals surface area contributed by atoms with Crippen molar-refractivity contribution in [2.24, 2.45) is 0 Å². The van der Waals surface area contributed by atoms with E-state index in [1.165, 1.54) is 4.90 Å². The Bertz CT molecular complexity index is 915. The van der Waals surface area contributed by atoms with E-state index >= 15 is 0 Å². The number of sulfonamides is 1. The van der Waals surface area contributed by atoms with Crippen molar-refractivity contribution in [3.63, 3.8) is 0 Å². The van der Waals surface area contributed by atoms with Crippen molar-refractivity contribution in [3.8, 4) is 0 Å². The lowest BCUT2D eigenvalue weighted by atomic mass is 9.87. The predicted octanol–water partition coefficient (Wildman–Crippen LogP) is 3.74. The molecule has 138 valence electrons. The first kappa shape index (κ1) is 18.3. The molecule has 7 heteroatoms. The fraction of sp³-hybridized carbons (Fsp3) is 0.316. The zero-order valence-electron chi connectivity index (χ0n) is 15.0. The van der Waals surface area contributed by atoms with Crippen molar-refractivity contribution in [2.75, 3.05) is 22.8 Å². The molecule has 0 radical (unpaired) electrons. The number of amides is 1. The highest BCUT2D eigenvalue weighted by molar-refractivity contribution is 7.92. The second-order valence-corrected chi connectivity index (χ2v) is 8.85. The second-order valence-electron chi connectivity index (χ2n) is 7.16. The summed E-state index contributed by atoms with van der Waals surface area (Å²) >= 11 is 0. The number of hydrogen-bond donors (Lipinski definition) is 1. The van der Waals surface area contributed by atoms with Crippen LogP contribution in [0.25, 0.3) is 0 Å². The number of benzene rings is 2. The number of rotatable bonds is 4. The fourth-order valence-corrected chi connectivity index (χ4v) is 3.82. The lowest BCUT2D eigenvalue weighted by Crippen LogP contribution is -2.25. The molecule has 3 rings (SSSR count). The van der Waals surface area contributed by atoms with Gasteiger partial charge in [-0.1, -0.05) is 45.0 Å².